The van der Waals surface area contributed by atoms with Crippen LogP contribution in [0.4, 0.5) is 22.0 Å². The van der Waals surface area contributed by atoms with E-state index < -0.39 is 0 Å². The topological polar surface area (TPSA) is 74.5 Å². The van der Waals surface area contributed by atoms with Crippen LogP contribution in [0.25, 0.3) is 15.7 Å². The van der Waals surface area contributed by atoms with Crippen LogP contribution in [0.2, 0.25) is 0 Å². The summed E-state index contributed by atoms with van der Waals surface area (Å²) < 4.78 is 0. The molecule has 0 bridgehead atoms. The lowest BCUT2D eigenvalue weighted by Gasteiger charge is -2.20. The first-order chi connectivity index (χ1) is 14.7. The number of amides is 2. The van der Waals surface area contributed by atoms with Crippen molar-refractivity contribution in [3.8, 4) is 12.3 Å². The van der Waals surface area contributed by atoms with Crippen LogP contribution in [0, 0.1) is 18.9 Å². The van der Waals surface area contributed by atoms with Gasteiger partial charge in [-0.25, -0.2) is 21.3 Å². The zero-order chi connectivity index (χ0) is 20.9. The van der Waals surface area contributed by atoms with Crippen LogP contribution in [0.3, 0.4) is 0 Å². The lowest BCUT2D eigenvalue weighted by molar-refractivity contribution is 0.211. The first-order valence-electron chi connectivity index (χ1n) is 9.67. The smallest absolute Gasteiger partial charge is 0.322 e. The van der Waals surface area contributed by atoms with E-state index in [4.69, 9.17) is 13.0 Å². The number of hydrogen-bond acceptors (Lipinski definition) is 4. The van der Waals surface area contributed by atoms with E-state index in [0.717, 1.165) is 35.0 Å². The molecule has 30 heavy (non-hydrogen) atoms. The number of nitrogens with one attached hydrogen (secondary N) is 2. The first kappa shape index (κ1) is 19.2. The van der Waals surface area contributed by atoms with Crippen molar-refractivity contribution in [2.75, 3.05) is 23.7 Å². The van der Waals surface area contributed by atoms with Gasteiger partial charge in [-0.15, -0.1) is 6.42 Å². The average molecular weight is 396 g/mol. The Bertz CT molecular complexity index is 1170. The van der Waals surface area contributed by atoms with Crippen molar-refractivity contribution in [3.05, 3.63) is 65.8 Å². The third-order valence-electron chi connectivity index (χ3n) is 4.88. The van der Waals surface area contributed by atoms with Crippen molar-refractivity contribution < 1.29 is 4.79 Å². The van der Waals surface area contributed by atoms with Gasteiger partial charge in [-0.3, -0.25) is 0 Å². The third-order valence-corrected chi connectivity index (χ3v) is 4.88. The molecule has 0 saturated heterocycles. The summed E-state index contributed by atoms with van der Waals surface area (Å²) in [6.07, 6.45) is 8.95. The van der Waals surface area contributed by atoms with E-state index in [1.54, 1.807) is 4.90 Å². The van der Waals surface area contributed by atoms with Crippen molar-refractivity contribution >= 4 is 34.1 Å². The number of urea groups is 1. The molecule has 2 amide bonds. The van der Waals surface area contributed by atoms with Gasteiger partial charge in [0.05, 0.1) is 12.1 Å². The molecule has 1 aromatic heterocycles. The maximum Gasteiger partial charge on any atom is 0.322 e. The van der Waals surface area contributed by atoms with Gasteiger partial charge in [0, 0.05) is 28.4 Å². The molecule has 0 atom stereocenters. The van der Waals surface area contributed by atoms with E-state index in [1.165, 1.54) is 6.33 Å². The molecule has 7 nitrogen and oxygen atoms in total. The van der Waals surface area contributed by atoms with Gasteiger partial charge < -0.3 is 20.4 Å². The van der Waals surface area contributed by atoms with Crippen molar-refractivity contribution in [3.63, 3.8) is 0 Å². The molecule has 2 N–H and O–H groups in total. The van der Waals surface area contributed by atoms with Crippen LogP contribution < -0.4 is 10.6 Å². The predicted molar refractivity (Wildman–Crippen MR) is 117 cm³/mol. The molecule has 0 unspecified atom stereocenters. The normalized spacial score (nSPS) is 12.6. The number of anilines is 3. The summed E-state index contributed by atoms with van der Waals surface area (Å²) >= 11 is 0. The molecule has 1 aliphatic carbocycles. The second-order valence-corrected chi connectivity index (χ2v) is 7.04. The Morgan fingerprint density at radius 2 is 2.10 bits per heavy atom. The van der Waals surface area contributed by atoms with Crippen LogP contribution in [-0.2, 0) is 0 Å². The van der Waals surface area contributed by atoms with Crippen LogP contribution in [0.5, 0.6) is 0 Å². The van der Waals surface area contributed by atoms with Crippen molar-refractivity contribution in [2.24, 2.45) is 0 Å². The van der Waals surface area contributed by atoms with Crippen molar-refractivity contribution in [1.29, 1.82) is 0 Å². The van der Waals surface area contributed by atoms with Gasteiger partial charge in [-0.05, 0) is 49.2 Å². The minimum atomic E-state index is -0.186. The van der Waals surface area contributed by atoms with Crippen LogP contribution >= 0.6 is 0 Å². The van der Waals surface area contributed by atoms with E-state index in [1.807, 2.05) is 42.5 Å². The first-order valence-corrected chi connectivity index (χ1v) is 9.67. The van der Waals surface area contributed by atoms with E-state index in [2.05, 4.69) is 31.4 Å². The Kier molecular flexibility index (Phi) is 5.45. The van der Waals surface area contributed by atoms with Crippen LogP contribution in [-0.4, -0.2) is 40.0 Å². The van der Waals surface area contributed by atoms with Crippen molar-refractivity contribution in [1.82, 2.24) is 14.9 Å². The highest BCUT2D eigenvalue weighted by Gasteiger charge is 2.33. The number of nitrogens with zero attached hydrogens (tertiary/aromatic N) is 4. The number of aromatic nitrogens is 2. The molecular weight excluding hydrogens is 376 g/mol. The molecule has 0 aliphatic heterocycles. The second kappa shape index (κ2) is 8.50. The monoisotopic (exact) mass is 396 g/mol. The number of rotatable bonds is 6. The van der Waals surface area contributed by atoms with E-state index in [0.29, 0.717) is 24.6 Å². The second-order valence-electron chi connectivity index (χ2n) is 7.04. The number of benzene rings is 2. The summed E-state index contributed by atoms with van der Waals surface area (Å²) in [6, 6.07) is 13.1. The Hall–Kier alpha value is -4.10. The van der Waals surface area contributed by atoms with Gasteiger partial charge in [0.1, 0.15) is 12.1 Å². The third kappa shape index (κ3) is 4.31. The molecule has 148 valence electrons. The quantitative estimate of drug-likeness (QED) is 0.482. The van der Waals surface area contributed by atoms with Gasteiger partial charge in [-0.2, -0.15) is 0 Å². The van der Waals surface area contributed by atoms with Gasteiger partial charge in [0.2, 0.25) is 6.54 Å². The zero-order valence-corrected chi connectivity index (χ0v) is 16.3. The largest absolute Gasteiger partial charge is 0.340 e. The fourth-order valence-electron chi connectivity index (χ4n) is 3.25. The summed E-state index contributed by atoms with van der Waals surface area (Å²) in [4.78, 5) is 26.5. The summed E-state index contributed by atoms with van der Waals surface area (Å²) in [5, 5.41) is 7.00. The summed E-state index contributed by atoms with van der Waals surface area (Å²) in [7, 11) is 0. The number of carbonyl (C=O) groups excluding carboxylic acids is 1. The molecule has 1 fully saturated rings. The Balaban J connectivity index is 1.58. The summed E-state index contributed by atoms with van der Waals surface area (Å²) in [5.41, 5.74) is 2.99. The van der Waals surface area contributed by atoms with Gasteiger partial charge in [-0.1, -0.05) is 12.0 Å². The highest BCUT2D eigenvalue weighted by molar-refractivity contribution is 5.97. The highest BCUT2D eigenvalue weighted by atomic mass is 16.2. The Labute approximate surface area is 175 Å². The Morgan fingerprint density at radius 1 is 1.23 bits per heavy atom. The van der Waals surface area contributed by atoms with Gasteiger partial charge >= 0.3 is 6.03 Å². The lowest BCUT2D eigenvalue weighted by Crippen LogP contribution is -2.38. The molecule has 1 aliphatic rings. The number of hydrogen-bond donors (Lipinski definition) is 2. The molecule has 4 rings (SSSR count). The molecular formula is C23H20N6O. The zero-order valence-electron chi connectivity index (χ0n) is 16.3. The van der Waals surface area contributed by atoms with E-state index >= 15 is 0 Å². The lowest BCUT2D eigenvalue weighted by atomic mass is 10.2. The minimum absolute atomic E-state index is 0.186. The fraction of sp³-hybridized carbons (Fsp3) is 0.217. The van der Waals surface area contributed by atoms with Gasteiger partial charge in [0.15, 0.2) is 0 Å². The van der Waals surface area contributed by atoms with E-state index in [-0.39, 0.29) is 12.1 Å². The number of fused-ring (bicyclic) bond motifs is 1. The maximum atomic E-state index is 12.7. The number of terminal acetylenes is 1. The average Bonchev–Trinajstić information content (AvgIpc) is 3.60. The number of carbonyl (C=O) groups is 1. The Morgan fingerprint density at radius 3 is 2.87 bits per heavy atom. The summed E-state index contributed by atoms with van der Waals surface area (Å²) in [5.74, 6) is 3.24. The van der Waals surface area contributed by atoms with Gasteiger partial charge in [0.25, 0.3) is 0 Å². The summed E-state index contributed by atoms with van der Waals surface area (Å²) in [6.45, 7) is 7.73. The molecule has 0 spiro atoms. The standard InChI is InChI=1S/C23H20N6O/c1-3-16-5-4-6-17(13-16)27-22-20-14-18(7-10-21(20)25-15-26-22)28-23(30)29(12-11-24-2)19-8-9-19/h1,4-7,10,13-15,19H,8-9,11-12H2,(H,28,30)(H,25,26,27). The van der Waals surface area contributed by atoms with E-state index in [9.17, 15) is 4.79 Å². The fourth-order valence-corrected chi connectivity index (χ4v) is 3.25. The van der Waals surface area contributed by atoms with Crippen LogP contribution in [0.1, 0.15) is 18.4 Å². The van der Waals surface area contributed by atoms with Crippen LogP contribution in [0.15, 0.2) is 48.8 Å². The minimum Gasteiger partial charge on any atom is -0.340 e. The predicted octanol–water partition coefficient (Wildman–Crippen LogP) is 4.27. The molecule has 1 saturated carbocycles. The molecule has 3 aromatic rings. The molecule has 2 aromatic carbocycles. The highest BCUT2D eigenvalue weighted by Crippen LogP contribution is 2.29. The molecule has 7 heteroatoms. The molecule has 0 radical (unpaired) electrons. The van der Waals surface area contributed by atoms with Crippen molar-refractivity contribution in [2.45, 2.75) is 18.9 Å². The SMILES string of the molecule is [C-]#[N+]CCN(C(=O)Nc1ccc2ncnc(Nc3cccc(C#C)c3)c2c1)C1CC1. The molecule has 1 heterocycles. The maximum absolute atomic E-state index is 12.7.